The van der Waals surface area contributed by atoms with Gasteiger partial charge in [0.25, 0.3) is 0 Å². The second-order valence-electron chi connectivity index (χ2n) is 9.01. The number of benzene rings is 1. The number of likely N-dealkylation sites (tertiary alicyclic amines) is 1. The van der Waals surface area contributed by atoms with Gasteiger partial charge in [-0.25, -0.2) is 9.59 Å². The van der Waals surface area contributed by atoms with Crippen LogP contribution >= 0.6 is 0 Å². The number of carbonyl (C=O) groups is 2. The van der Waals surface area contributed by atoms with Crippen molar-refractivity contribution in [1.82, 2.24) is 4.90 Å². The summed E-state index contributed by atoms with van der Waals surface area (Å²) in [5.41, 5.74) is 1.58. The molecule has 2 rings (SSSR count). The van der Waals surface area contributed by atoms with Gasteiger partial charge in [0.1, 0.15) is 0 Å². The molecule has 0 bridgehead atoms. The average molecular weight is 392 g/mol. The molecule has 1 heterocycles. The van der Waals surface area contributed by atoms with Gasteiger partial charge in [0.05, 0.1) is 19.3 Å². The highest BCUT2D eigenvalue weighted by Crippen LogP contribution is 2.39. The van der Waals surface area contributed by atoms with Crippen molar-refractivity contribution in [3.63, 3.8) is 0 Å². The monoisotopic (exact) mass is 391 g/mol. The highest BCUT2D eigenvalue weighted by Gasteiger charge is 2.40. The Morgan fingerprint density at radius 1 is 1.30 bits per heavy atom. The van der Waals surface area contributed by atoms with E-state index >= 15 is 0 Å². The van der Waals surface area contributed by atoms with E-state index in [1.54, 1.807) is 6.07 Å². The minimum atomic E-state index is -1.21. The number of ether oxygens (including phenoxy) is 2. The Morgan fingerprint density at radius 2 is 2.00 bits per heavy atom. The van der Waals surface area contributed by atoms with Crippen molar-refractivity contribution >= 4 is 20.1 Å². The molecule has 0 N–H and O–H groups in total. The third-order valence-electron chi connectivity index (χ3n) is 5.76. The number of methoxy groups -OCH3 is 1. The molecule has 1 amide bonds. The maximum Gasteiger partial charge on any atom is 0.409 e. The van der Waals surface area contributed by atoms with Crippen molar-refractivity contribution in [3.05, 3.63) is 35.4 Å². The van der Waals surface area contributed by atoms with Crippen molar-refractivity contribution in [1.29, 1.82) is 0 Å². The van der Waals surface area contributed by atoms with Gasteiger partial charge < -0.3 is 14.4 Å². The predicted molar refractivity (Wildman–Crippen MR) is 110 cm³/mol. The van der Waals surface area contributed by atoms with Crippen LogP contribution in [-0.2, 0) is 14.9 Å². The van der Waals surface area contributed by atoms with Crippen LogP contribution in [0.15, 0.2) is 24.3 Å². The second-order valence-corrected chi connectivity index (χ2v) is 14.6. The van der Waals surface area contributed by atoms with Crippen molar-refractivity contribution in [2.24, 2.45) is 5.92 Å². The lowest BCUT2D eigenvalue weighted by Gasteiger charge is -2.44. The number of rotatable bonds is 5. The zero-order valence-electron chi connectivity index (χ0n) is 17.5. The van der Waals surface area contributed by atoms with Gasteiger partial charge in [-0.15, -0.1) is 0 Å². The molecule has 27 heavy (non-hydrogen) atoms. The summed E-state index contributed by atoms with van der Waals surface area (Å²) >= 11 is 0. The Kier molecular flexibility index (Phi) is 6.73. The third-order valence-corrected chi connectivity index (χ3v) is 7.47. The molecule has 150 valence electrons. The molecule has 6 heteroatoms. The van der Waals surface area contributed by atoms with Crippen LogP contribution in [0.2, 0.25) is 25.7 Å². The molecule has 5 nitrogen and oxygen atoms in total. The van der Waals surface area contributed by atoms with Gasteiger partial charge in [0, 0.05) is 21.2 Å². The Labute approximate surface area is 164 Å². The number of nitrogens with zero attached hydrogens (tertiary/aromatic N) is 1. The molecule has 0 spiro atoms. The minimum Gasteiger partial charge on any atom is -0.465 e. The quantitative estimate of drug-likeness (QED) is 0.546. The SMILES string of the molecule is COC(=O)c1cccc([C@]2(C)CCN(C(=O)OCC[Si](C)(C)C)C[C@@H]2C)c1. The van der Waals surface area contributed by atoms with Crippen LogP contribution in [0.1, 0.15) is 36.2 Å². The molecule has 0 aromatic heterocycles. The average Bonchev–Trinajstić information content (AvgIpc) is 2.62. The van der Waals surface area contributed by atoms with Crippen molar-refractivity contribution in [2.45, 2.75) is 51.4 Å². The fourth-order valence-corrected chi connectivity index (χ4v) is 4.20. The van der Waals surface area contributed by atoms with Crippen LogP contribution in [0.5, 0.6) is 0 Å². The largest absolute Gasteiger partial charge is 0.465 e. The van der Waals surface area contributed by atoms with E-state index in [2.05, 4.69) is 39.6 Å². The standard InChI is InChI=1S/C21H33NO4Si/c1-16-15-22(20(24)26-12-13-27(4,5)6)11-10-21(16,2)18-9-7-8-17(14-18)19(23)25-3/h7-9,14,16H,10-13,15H2,1-6H3/t16-,21+/m0/s1. The molecule has 1 saturated heterocycles. The predicted octanol–water partition coefficient (Wildman–Crippen LogP) is 4.55. The lowest BCUT2D eigenvalue weighted by Crippen LogP contribution is -2.49. The molecule has 1 aromatic rings. The van der Waals surface area contributed by atoms with E-state index in [0.717, 1.165) is 18.0 Å². The molecule has 1 aliphatic heterocycles. The van der Waals surface area contributed by atoms with Crippen LogP contribution < -0.4 is 0 Å². The van der Waals surface area contributed by atoms with Gasteiger partial charge >= 0.3 is 12.1 Å². The van der Waals surface area contributed by atoms with Gasteiger partial charge in [-0.1, -0.05) is 45.6 Å². The van der Waals surface area contributed by atoms with Crippen molar-refractivity contribution in [3.8, 4) is 0 Å². The zero-order valence-corrected chi connectivity index (χ0v) is 18.5. The minimum absolute atomic E-state index is 0.0981. The van der Waals surface area contributed by atoms with Gasteiger partial charge in [-0.05, 0) is 41.5 Å². The molecule has 0 radical (unpaired) electrons. The molecular formula is C21H33NO4Si. The summed E-state index contributed by atoms with van der Waals surface area (Å²) in [6, 6.07) is 8.64. The highest BCUT2D eigenvalue weighted by atomic mass is 28.3. The van der Waals surface area contributed by atoms with E-state index in [0.29, 0.717) is 25.3 Å². The van der Waals surface area contributed by atoms with E-state index in [9.17, 15) is 9.59 Å². The molecule has 0 saturated carbocycles. The fraction of sp³-hybridized carbons (Fsp3) is 0.619. The number of hydrogen-bond acceptors (Lipinski definition) is 4. The molecule has 2 atom stereocenters. The van der Waals surface area contributed by atoms with Gasteiger partial charge in [-0.2, -0.15) is 0 Å². The van der Waals surface area contributed by atoms with E-state index in [1.165, 1.54) is 7.11 Å². The van der Waals surface area contributed by atoms with E-state index in [1.807, 2.05) is 17.0 Å². The first-order valence-electron chi connectivity index (χ1n) is 9.67. The Morgan fingerprint density at radius 3 is 2.59 bits per heavy atom. The number of carbonyl (C=O) groups excluding carboxylic acids is 2. The van der Waals surface area contributed by atoms with Crippen molar-refractivity contribution in [2.75, 3.05) is 26.8 Å². The van der Waals surface area contributed by atoms with Crippen LogP contribution in [0.3, 0.4) is 0 Å². The summed E-state index contributed by atoms with van der Waals surface area (Å²) in [5, 5.41) is 0. The zero-order chi connectivity index (χ0) is 20.2. The van der Waals surface area contributed by atoms with E-state index in [4.69, 9.17) is 9.47 Å². The first kappa shape index (κ1) is 21.5. The summed E-state index contributed by atoms with van der Waals surface area (Å²) in [4.78, 5) is 26.1. The number of amides is 1. The van der Waals surface area contributed by atoms with Gasteiger partial charge in [-0.3, -0.25) is 0 Å². The lowest BCUT2D eigenvalue weighted by molar-refractivity contribution is 0.0600. The summed E-state index contributed by atoms with van der Waals surface area (Å²) in [6.07, 6.45) is 0.632. The van der Waals surface area contributed by atoms with Crippen LogP contribution in [0.25, 0.3) is 0 Å². The first-order valence-corrected chi connectivity index (χ1v) is 13.4. The summed E-state index contributed by atoms with van der Waals surface area (Å²) in [6.45, 7) is 13.0. The molecular weight excluding hydrogens is 358 g/mol. The maximum atomic E-state index is 12.4. The normalized spacial score (nSPS) is 23.0. The first-order chi connectivity index (χ1) is 12.6. The number of hydrogen-bond donors (Lipinski definition) is 0. The molecule has 1 aliphatic rings. The summed E-state index contributed by atoms with van der Waals surface area (Å²) < 4.78 is 10.3. The van der Waals surface area contributed by atoms with E-state index < -0.39 is 8.07 Å². The Hall–Kier alpha value is -1.82. The number of esters is 1. The smallest absolute Gasteiger partial charge is 0.409 e. The van der Waals surface area contributed by atoms with Gasteiger partial charge in [0.2, 0.25) is 0 Å². The number of piperidine rings is 1. The van der Waals surface area contributed by atoms with Crippen LogP contribution in [0, 0.1) is 5.92 Å². The van der Waals surface area contributed by atoms with Crippen LogP contribution in [0.4, 0.5) is 4.79 Å². The molecule has 1 fully saturated rings. The summed E-state index contributed by atoms with van der Waals surface area (Å²) in [7, 11) is 0.189. The third kappa shape index (κ3) is 5.34. The molecule has 1 aromatic carbocycles. The van der Waals surface area contributed by atoms with Gasteiger partial charge in [0.15, 0.2) is 0 Å². The molecule has 0 unspecified atom stereocenters. The van der Waals surface area contributed by atoms with Crippen LogP contribution in [-0.4, -0.2) is 51.8 Å². The lowest BCUT2D eigenvalue weighted by atomic mass is 9.68. The maximum absolute atomic E-state index is 12.4. The Balaban J connectivity index is 2.03. The Bertz CT molecular complexity index is 685. The van der Waals surface area contributed by atoms with Crippen molar-refractivity contribution < 1.29 is 19.1 Å². The topological polar surface area (TPSA) is 55.8 Å². The van der Waals surface area contributed by atoms with E-state index in [-0.39, 0.29) is 23.4 Å². The molecule has 0 aliphatic carbocycles. The summed E-state index contributed by atoms with van der Waals surface area (Å²) in [5.74, 6) is -0.0693. The highest BCUT2D eigenvalue weighted by molar-refractivity contribution is 6.76. The fourth-order valence-electron chi connectivity index (χ4n) is 3.49. The second kappa shape index (κ2) is 8.46.